The first-order valence-corrected chi connectivity index (χ1v) is 7.45. The molecule has 19 heavy (non-hydrogen) atoms. The van der Waals surface area contributed by atoms with Gasteiger partial charge in [0.25, 0.3) is 5.91 Å². The minimum atomic E-state index is -0.546. The average molecular weight is 392 g/mol. The zero-order valence-electron chi connectivity index (χ0n) is 11.0. The van der Waals surface area contributed by atoms with Crippen molar-refractivity contribution in [1.82, 2.24) is 10.2 Å². The van der Waals surface area contributed by atoms with Gasteiger partial charge in [-0.05, 0) is 32.0 Å². The predicted octanol–water partition coefficient (Wildman–Crippen LogP) is 2.81. The van der Waals surface area contributed by atoms with Gasteiger partial charge in [0.05, 0.1) is 0 Å². The van der Waals surface area contributed by atoms with Gasteiger partial charge in [0.1, 0.15) is 6.04 Å². The molecule has 1 aromatic rings. The predicted molar refractivity (Wildman–Crippen MR) is 82.1 cm³/mol. The normalized spacial score (nSPS) is 11.8. The fourth-order valence-electron chi connectivity index (χ4n) is 1.51. The lowest BCUT2D eigenvalue weighted by atomic mass is 10.2. The molecular formula is C13H16Br2N2O2. The van der Waals surface area contributed by atoms with Crippen LogP contribution in [0, 0.1) is 0 Å². The van der Waals surface area contributed by atoms with Gasteiger partial charge in [-0.2, -0.15) is 0 Å². The van der Waals surface area contributed by atoms with Crippen LogP contribution in [-0.4, -0.2) is 36.3 Å². The molecule has 0 aliphatic rings. The largest absolute Gasteiger partial charge is 0.344 e. The van der Waals surface area contributed by atoms with Crippen LogP contribution in [0.3, 0.4) is 0 Å². The van der Waals surface area contributed by atoms with E-state index in [1.807, 2.05) is 13.0 Å². The summed E-state index contributed by atoms with van der Waals surface area (Å²) in [4.78, 5) is 25.5. The third-order valence-corrected chi connectivity index (χ3v) is 3.61. The van der Waals surface area contributed by atoms with E-state index < -0.39 is 6.04 Å². The number of hydrogen-bond acceptors (Lipinski definition) is 2. The summed E-state index contributed by atoms with van der Waals surface area (Å²) >= 11 is 6.65. The van der Waals surface area contributed by atoms with E-state index in [1.165, 1.54) is 0 Å². The van der Waals surface area contributed by atoms with Crippen LogP contribution >= 0.6 is 31.9 Å². The molecule has 4 nitrogen and oxygen atoms in total. The highest BCUT2D eigenvalue weighted by Gasteiger charge is 2.19. The molecule has 0 heterocycles. The van der Waals surface area contributed by atoms with Gasteiger partial charge in [-0.3, -0.25) is 9.59 Å². The highest BCUT2D eigenvalue weighted by atomic mass is 79.9. The first kappa shape index (κ1) is 16.2. The zero-order chi connectivity index (χ0) is 14.6. The SMILES string of the molecule is CCN(C)C(=O)C(C)NC(=O)c1cc(Br)cc(Br)c1. The highest BCUT2D eigenvalue weighted by molar-refractivity contribution is 9.11. The highest BCUT2D eigenvalue weighted by Crippen LogP contribution is 2.20. The molecule has 0 fully saturated rings. The Kier molecular flexibility index (Phi) is 6.00. The number of nitrogens with one attached hydrogen (secondary N) is 1. The average Bonchev–Trinajstić information content (AvgIpc) is 2.35. The quantitative estimate of drug-likeness (QED) is 0.857. The molecule has 0 radical (unpaired) electrons. The second kappa shape index (κ2) is 7.05. The third kappa shape index (κ3) is 4.62. The molecule has 1 N–H and O–H groups in total. The first-order valence-electron chi connectivity index (χ1n) is 5.87. The van der Waals surface area contributed by atoms with Crippen LogP contribution in [-0.2, 0) is 4.79 Å². The molecule has 104 valence electrons. The third-order valence-electron chi connectivity index (χ3n) is 2.69. The summed E-state index contributed by atoms with van der Waals surface area (Å²) in [6, 6.07) is 4.72. The van der Waals surface area contributed by atoms with Gasteiger partial charge in [0, 0.05) is 28.1 Å². The Balaban J connectivity index is 2.77. The minimum absolute atomic E-state index is 0.107. The van der Waals surface area contributed by atoms with E-state index in [-0.39, 0.29) is 11.8 Å². The van der Waals surface area contributed by atoms with Crippen molar-refractivity contribution < 1.29 is 9.59 Å². The van der Waals surface area contributed by atoms with Gasteiger partial charge in [-0.1, -0.05) is 31.9 Å². The monoisotopic (exact) mass is 390 g/mol. The van der Waals surface area contributed by atoms with Crippen LogP contribution in [0.5, 0.6) is 0 Å². The molecule has 0 saturated heterocycles. The lowest BCUT2D eigenvalue weighted by Crippen LogP contribution is -2.45. The minimum Gasteiger partial charge on any atom is -0.344 e. The zero-order valence-corrected chi connectivity index (χ0v) is 14.2. The number of benzene rings is 1. The lowest BCUT2D eigenvalue weighted by Gasteiger charge is -2.20. The van der Waals surface area contributed by atoms with Crippen LogP contribution in [0.2, 0.25) is 0 Å². The fourth-order valence-corrected chi connectivity index (χ4v) is 2.81. The Morgan fingerprint density at radius 1 is 1.26 bits per heavy atom. The molecule has 1 atom stereocenters. The van der Waals surface area contributed by atoms with E-state index >= 15 is 0 Å². The van der Waals surface area contributed by atoms with E-state index in [9.17, 15) is 9.59 Å². The maximum absolute atomic E-state index is 12.1. The molecule has 1 rings (SSSR count). The summed E-state index contributed by atoms with van der Waals surface area (Å²) in [5.41, 5.74) is 0.500. The molecule has 6 heteroatoms. The van der Waals surface area contributed by atoms with Gasteiger partial charge in [-0.25, -0.2) is 0 Å². The number of likely N-dealkylation sites (N-methyl/N-ethyl adjacent to an activating group) is 1. The maximum Gasteiger partial charge on any atom is 0.251 e. The standard InChI is InChI=1S/C13H16Br2N2O2/c1-4-17(3)13(19)8(2)16-12(18)9-5-10(14)7-11(15)6-9/h5-8H,4H2,1-3H3,(H,16,18). The smallest absolute Gasteiger partial charge is 0.251 e. The molecule has 2 amide bonds. The van der Waals surface area contributed by atoms with Crippen LogP contribution in [0.1, 0.15) is 24.2 Å². The Bertz CT molecular complexity index is 471. The fraction of sp³-hybridized carbons (Fsp3) is 0.385. The molecule has 0 aromatic heterocycles. The lowest BCUT2D eigenvalue weighted by molar-refractivity contribution is -0.131. The van der Waals surface area contributed by atoms with Gasteiger partial charge >= 0.3 is 0 Å². The number of carbonyl (C=O) groups excluding carboxylic acids is 2. The Morgan fingerprint density at radius 3 is 2.26 bits per heavy atom. The van der Waals surface area contributed by atoms with E-state index in [2.05, 4.69) is 37.2 Å². The number of nitrogens with zero attached hydrogens (tertiary/aromatic N) is 1. The summed E-state index contributed by atoms with van der Waals surface area (Å²) in [6.45, 7) is 4.18. The van der Waals surface area contributed by atoms with Crippen LogP contribution in [0.4, 0.5) is 0 Å². The first-order chi connectivity index (χ1) is 8.85. The van der Waals surface area contributed by atoms with E-state index in [0.29, 0.717) is 12.1 Å². The van der Waals surface area contributed by atoms with Crippen LogP contribution in [0.25, 0.3) is 0 Å². The number of halogens is 2. The Hall–Kier alpha value is -0.880. The summed E-state index contributed by atoms with van der Waals surface area (Å²) in [5, 5.41) is 2.69. The number of carbonyl (C=O) groups is 2. The summed E-state index contributed by atoms with van der Waals surface area (Å²) in [6.07, 6.45) is 0. The molecule has 0 bridgehead atoms. The number of hydrogen-bond donors (Lipinski definition) is 1. The number of amides is 2. The van der Waals surface area contributed by atoms with Gasteiger partial charge in [0.15, 0.2) is 0 Å². The van der Waals surface area contributed by atoms with Crippen molar-refractivity contribution in [3.05, 3.63) is 32.7 Å². The van der Waals surface area contributed by atoms with Crippen molar-refractivity contribution in [1.29, 1.82) is 0 Å². The van der Waals surface area contributed by atoms with Crippen molar-refractivity contribution in [2.45, 2.75) is 19.9 Å². The van der Waals surface area contributed by atoms with Crippen molar-refractivity contribution in [3.8, 4) is 0 Å². The number of rotatable bonds is 4. The van der Waals surface area contributed by atoms with Crippen LogP contribution < -0.4 is 5.32 Å². The van der Waals surface area contributed by atoms with Crippen molar-refractivity contribution in [3.63, 3.8) is 0 Å². The van der Waals surface area contributed by atoms with Crippen molar-refractivity contribution in [2.75, 3.05) is 13.6 Å². The van der Waals surface area contributed by atoms with E-state index in [0.717, 1.165) is 8.95 Å². The molecule has 0 spiro atoms. The van der Waals surface area contributed by atoms with Crippen LogP contribution in [0.15, 0.2) is 27.1 Å². The molecular weight excluding hydrogens is 376 g/mol. The summed E-state index contributed by atoms with van der Waals surface area (Å²) in [7, 11) is 1.71. The Labute approximate surface area is 129 Å². The maximum atomic E-state index is 12.1. The van der Waals surface area contributed by atoms with Crippen molar-refractivity contribution >= 4 is 43.7 Å². The topological polar surface area (TPSA) is 49.4 Å². The molecule has 0 saturated carbocycles. The van der Waals surface area contributed by atoms with E-state index in [4.69, 9.17) is 0 Å². The van der Waals surface area contributed by atoms with Gasteiger partial charge < -0.3 is 10.2 Å². The van der Waals surface area contributed by atoms with Gasteiger partial charge in [-0.15, -0.1) is 0 Å². The van der Waals surface area contributed by atoms with Crippen molar-refractivity contribution in [2.24, 2.45) is 0 Å². The molecule has 1 aromatic carbocycles. The molecule has 0 aliphatic carbocycles. The van der Waals surface area contributed by atoms with Gasteiger partial charge in [0.2, 0.25) is 5.91 Å². The second-order valence-corrected chi connectivity index (χ2v) is 6.04. The second-order valence-electron chi connectivity index (χ2n) is 4.21. The summed E-state index contributed by atoms with van der Waals surface area (Å²) < 4.78 is 1.60. The Morgan fingerprint density at radius 2 is 1.79 bits per heavy atom. The summed E-state index contributed by atoms with van der Waals surface area (Å²) in [5.74, 6) is -0.378. The molecule has 1 unspecified atom stereocenters. The van der Waals surface area contributed by atoms with E-state index in [1.54, 1.807) is 31.0 Å². The molecule has 0 aliphatic heterocycles.